The molecule has 1 saturated carbocycles. The zero-order chi connectivity index (χ0) is 15.7. The third-order valence-electron chi connectivity index (χ3n) is 4.87. The van der Waals surface area contributed by atoms with Crippen LogP contribution in [0.4, 0.5) is 5.69 Å². The lowest BCUT2D eigenvalue weighted by Crippen LogP contribution is -2.27. The van der Waals surface area contributed by atoms with Crippen LogP contribution in [0.15, 0.2) is 12.1 Å². The van der Waals surface area contributed by atoms with Crippen LogP contribution in [0.25, 0.3) is 0 Å². The summed E-state index contributed by atoms with van der Waals surface area (Å²) in [5.74, 6) is 0.351. The maximum Gasteiger partial charge on any atom is 0.339 e. The highest BCUT2D eigenvalue weighted by Crippen LogP contribution is 2.48. The molecule has 2 rings (SSSR count). The van der Waals surface area contributed by atoms with Gasteiger partial charge in [0.05, 0.1) is 0 Å². The lowest BCUT2D eigenvalue weighted by atomic mass is 9.67. The molecule has 0 heterocycles. The first-order valence-corrected chi connectivity index (χ1v) is 7.67. The van der Waals surface area contributed by atoms with Gasteiger partial charge in [-0.1, -0.05) is 27.2 Å². The number of carboxylic acids is 1. The number of hydrogen-bond donors (Lipinski definition) is 3. The Kier molecular flexibility index (Phi) is 4.45. The van der Waals surface area contributed by atoms with Gasteiger partial charge in [-0.2, -0.15) is 0 Å². The van der Waals surface area contributed by atoms with Crippen LogP contribution in [-0.4, -0.2) is 16.2 Å². The summed E-state index contributed by atoms with van der Waals surface area (Å²) in [4.78, 5) is 11.2. The van der Waals surface area contributed by atoms with Gasteiger partial charge in [0, 0.05) is 11.3 Å². The molecule has 0 amide bonds. The van der Waals surface area contributed by atoms with Gasteiger partial charge in [0.15, 0.2) is 0 Å². The van der Waals surface area contributed by atoms with E-state index >= 15 is 0 Å². The number of nitrogens with two attached hydrogens (primary N) is 1. The second-order valence-corrected chi connectivity index (χ2v) is 6.70. The molecule has 1 fully saturated rings. The van der Waals surface area contributed by atoms with E-state index in [9.17, 15) is 15.0 Å². The van der Waals surface area contributed by atoms with Crippen LogP contribution in [-0.2, 0) is 0 Å². The van der Waals surface area contributed by atoms with E-state index in [1.165, 1.54) is 12.5 Å². The van der Waals surface area contributed by atoms with Crippen molar-refractivity contribution < 1.29 is 15.0 Å². The van der Waals surface area contributed by atoms with Crippen LogP contribution in [0, 0.1) is 17.8 Å². The summed E-state index contributed by atoms with van der Waals surface area (Å²) in [6.07, 6.45) is 3.22. The van der Waals surface area contributed by atoms with Crippen LogP contribution >= 0.6 is 0 Å². The fourth-order valence-electron chi connectivity index (χ4n) is 3.72. The number of rotatable bonds is 3. The van der Waals surface area contributed by atoms with E-state index in [-0.39, 0.29) is 17.2 Å². The quantitative estimate of drug-likeness (QED) is 0.739. The molecule has 116 valence electrons. The Balaban J connectivity index is 2.51. The van der Waals surface area contributed by atoms with Crippen LogP contribution < -0.4 is 5.73 Å². The Morgan fingerprint density at radius 2 is 2.00 bits per heavy atom. The molecule has 21 heavy (non-hydrogen) atoms. The lowest BCUT2D eigenvalue weighted by molar-refractivity contribution is 0.0693. The Labute approximate surface area is 126 Å². The largest absolute Gasteiger partial charge is 0.507 e. The van der Waals surface area contributed by atoms with Crippen molar-refractivity contribution in [3.63, 3.8) is 0 Å². The van der Waals surface area contributed by atoms with Crippen molar-refractivity contribution in [2.45, 2.75) is 46.0 Å². The van der Waals surface area contributed by atoms with Gasteiger partial charge in [-0.25, -0.2) is 4.79 Å². The maximum absolute atomic E-state index is 11.2. The minimum Gasteiger partial charge on any atom is -0.507 e. The van der Waals surface area contributed by atoms with Crippen molar-refractivity contribution in [1.29, 1.82) is 0 Å². The first-order valence-electron chi connectivity index (χ1n) is 7.67. The molecule has 4 N–H and O–H groups in total. The molecular formula is C17H25NO3. The van der Waals surface area contributed by atoms with Crippen molar-refractivity contribution in [3.05, 3.63) is 23.3 Å². The minimum absolute atomic E-state index is 0.0556. The van der Waals surface area contributed by atoms with Gasteiger partial charge in [-0.15, -0.1) is 0 Å². The first-order chi connectivity index (χ1) is 9.82. The SMILES string of the molecule is CC1CCC(C(C)C)C(c2c(N)ccc(C(=O)O)c2O)C1. The number of phenols is 1. The monoisotopic (exact) mass is 291 g/mol. The van der Waals surface area contributed by atoms with Gasteiger partial charge >= 0.3 is 5.97 Å². The Bertz CT molecular complexity index is 539. The summed E-state index contributed by atoms with van der Waals surface area (Å²) in [7, 11) is 0. The van der Waals surface area contributed by atoms with E-state index in [4.69, 9.17) is 5.73 Å². The van der Waals surface area contributed by atoms with Crippen molar-refractivity contribution in [3.8, 4) is 5.75 Å². The van der Waals surface area contributed by atoms with Crippen molar-refractivity contribution in [1.82, 2.24) is 0 Å². The lowest BCUT2D eigenvalue weighted by Gasteiger charge is -2.38. The molecule has 4 nitrogen and oxygen atoms in total. The summed E-state index contributed by atoms with van der Waals surface area (Å²) in [5, 5.41) is 19.6. The van der Waals surface area contributed by atoms with E-state index in [1.807, 2.05) is 0 Å². The third-order valence-corrected chi connectivity index (χ3v) is 4.87. The Hall–Kier alpha value is -1.71. The minimum atomic E-state index is -1.11. The zero-order valence-corrected chi connectivity index (χ0v) is 13.0. The molecule has 3 atom stereocenters. The smallest absolute Gasteiger partial charge is 0.339 e. The molecule has 1 aromatic carbocycles. The van der Waals surface area contributed by atoms with Crippen molar-refractivity contribution in [2.75, 3.05) is 5.73 Å². The topological polar surface area (TPSA) is 83.6 Å². The number of carboxylic acid groups (broad SMARTS) is 1. The molecule has 4 heteroatoms. The normalized spacial score (nSPS) is 26.0. The summed E-state index contributed by atoms with van der Waals surface area (Å²) in [6.45, 7) is 6.57. The number of anilines is 1. The van der Waals surface area contributed by atoms with Gasteiger partial charge in [0.1, 0.15) is 11.3 Å². The Morgan fingerprint density at radius 1 is 1.33 bits per heavy atom. The summed E-state index contributed by atoms with van der Waals surface area (Å²) in [6, 6.07) is 2.99. The van der Waals surface area contributed by atoms with Crippen LogP contribution in [0.3, 0.4) is 0 Å². The molecule has 1 aliphatic carbocycles. The molecule has 1 aliphatic rings. The molecule has 1 aromatic rings. The number of aromatic hydroxyl groups is 1. The van der Waals surface area contributed by atoms with E-state index in [0.29, 0.717) is 29.0 Å². The Morgan fingerprint density at radius 3 is 2.57 bits per heavy atom. The van der Waals surface area contributed by atoms with Gasteiger partial charge < -0.3 is 15.9 Å². The average Bonchev–Trinajstić information content (AvgIpc) is 2.38. The second kappa shape index (κ2) is 5.96. The fraction of sp³-hybridized carbons (Fsp3) is 0.588. The van der Waals surface area contributed by atoms with Crippen molar-refractivity contribution >= 4 is 11.7 Å². The predicted octanol–water partition coefficient (Wildman–Crippen LogP) is 3.85. The number of hydrogen-bond acceptors (Lipinski definition) is 3. The highest BCUT2D eigenvalue weighted by molar-refractivity contribution is 5.92. The fourth-order valence-corrected chi connectivity index (χ4v) is 3.72. The molecule has 0 aromatic heterocycles. The van der Waals surface area contributed by atoms with E-state index in [0.717, 1.165) is 12.8 Å². The van der Waals surface area contributed by atoms with Crippen molar-refractivity contribution in [2.24, 2.45) is 17.8 Å². The van der Waals surface area contributed by atoms with E-state index < -0.39 is 5.97 Å². The van der Waals surface area contributed by atoms with Crippen LogP contribution in [0.5, 0.6) is 5.75 Å². The summed E-state index contributed by atoms with van der Waals surface area (Å²) >= 11 is 0. The van der Waals surface area contributed by atoms with Gasteiger partial charge in [0.25, 0.3) is 0 Å². The number of benzene rings is 1. The molecule has 0 bridgehead atoms. The van der Waals surface area contributed by atoms with Gasteiger partial charge in [-0.05, 0) is 48.6 Å². The maximum atomic E-state index is 11.2. The highest BCUT2D eigenvalue weighted by atomic mass is 16.4. The molecule has 0 radical (unpaired) electrons. The third kappa shape index (κ3) is 2.99. The predicted molar refractivity (Wildman–Crippen MR) is 83.6 cm³/mol. The molecule has 0 saturated heterocycles. The summed E-state index contributed by atoms with van der Waals surface area (Å²) in [5.41, 5.74) is 7.16. The number of nitrogen functional groups attached to an aromatic ring is 1. The van der Waals surface area contributed by atoms with E-state index in [1.54, 1.807) is 6.07 Å². The second-order valence-electron chi connectivity index (χ2n) is 6.70. The molecule has 0 aliphatic heterocycles. The van der Waals surface area contributed by atoms with Gasteiger partial charge in [0.2, 0.25) is 0 Å². The zero-order valence-electron chi connectivity index (χ0n) is 13.0. The molecule has 0 spiro atoms. The number of aromatic carboxylic acids is 1. The first kappa shape index (κ1) is 15.7. The van der Waals surface area contributed by atoms with Crippen LogP contribution in [0.2, 0.25) is 0 Å². The highest BCUT2D eigenvalue weighted by Gasteiger charge is 2.35. The van der Waals surface area contributed by atoms with E-state index in [2.05, 4.69) is 20.8 Å². The molecular weight excluding hydrogens is 266 g/mol. The number of carbonyl (C=O) groups is 1. The summed E-state index contributed by atoms with van der Waals surface area (Å²) < 4.78 is 0. The standard InChI is InChI=1S/C17H25NO3/c1-9(2)11-5-4-10(3)8-13(11)15-14(18)7-6-12(16(15)19)17(20)21/h6-7,9-11,13,19H,4-5,8,18H2,1-3H3,(H,20,21). The average molecular weight is 291 g/mol. The van der Waals surface area contributed by atoms with Gasteiger partial charge in [-0.3, -0.25) is 0 Å². The van der Waals surface area contributed by atoms with Crippen LogP contribution in [0.1, 0.15) is 61.9 Å². The molecule has 3 unspecified atom stereocenters.